The predicted octanol–water partition coefficient (Wildman–Crippen LogP) is 4.50. The van der Waals surface area contributed by atoms with Crippen LogP contribution in [-0.2, 0) is 16.0 Å². The Hall–Kier alpha value is -0.130. The Kier molecular flexibility index (Phi) is 12.0. The van der Waals surface area contributed by atoms with Gasteiger partial charge in [-0.25, -0.2) is 0 Å². The Morgan fingerprint density at radius 3 is 2.74 bits per heavy atom. The van der Waals surface area contributed by atoms with Crippen LogP contribution in [0.3, 0.4) is 0 Å². The van der Waals surface area contributed by atoms with E-state index in [0.717, 1.165) is 42.9 Å². The molecular formula is C18H32O3S2. The van der Waals surface area contributed by atoms with Crippen molar-refractivity contribution in [2.45, 2.75) is 58.3 Å². The van der Waals surface area contributed by atoms with Crippen LogP contribution in [0.1, 0.15) is 58.3 Å². The van der Waals surface area contributed by atoms with Crippen LogP contribution in [-0.4, -0.2) is 38.6 Å². The van der Waals surface area contributed by atoms with Crippen molar-refractivity contribution < 1.29 is 14.5 Å². The van der Waals surface area contributed by atoms with Crippen molar-refractivity contribution in [3.8, 4) is 0 Å². The molecule has 5 heteroatoms. The molecule has 0 spiro atoms. The van der Waals surface area contributed by atoms with E-state index >= 15 is 0 Å². The van der Waals surface area contributed by atoms with Crippen LogP contribution in [0.4, 0.5) is 0 Å². The summed E-state index contributed by atoms with van der Waals surface area (Å²) in [5.41, 5.74) is 0. The molecule has 0 saturated carbocycles. The molecule has 3 nitrogen and oxygen atoms in total. The minimum atomic E-state index is -0.716. The first-order valence-electron chi connectivity index (χ1n) is 8.93. The van der Waals surface area contributed by atoms with Crippen LogP contribution >= 0.6 is 11.8 Å². The van der Waals surface area contributed by atoms with Gasteiger partial charge in [0.2, 0.25) is 0 Å². The largest absolute Gasteiger partial charge is 0.616 e. The van der Waals surface area contributed by atoms with Crippen molar-refractivity contribution in [3.05, 3.63) is 12.2 Å². The lowest BCUT2D eigenvalue weighted by Crippen LogP contribution is -2.24. The molecule has 1 rings (SSSR count). The molecule has 134 valence electrons. The Labute approximate surface area is 148 Å². The Bertz CT molecular complexity index is 347. The van der Waals surface area contributed by atoms with E-state index in [9.17, 15) is 9.35 Å². The molecule has 0 aromatic heterocycles. The van der Waals surface area contributed by atoms with Gasteiger partial charge >= 0.3 is 5.97 Å². The molecule has 0 aromatic carbocycles. The second kappa shape index (κ2) is 13.2. The van der Waals surface area contributed by atoms with Gasteiger partial charge in [0.15, 0.2) is 0 Å². The highest BCUT2D eigenvalue weighted by Crippen LogP contribution is 2.33. The fourth-order valence-corrected chi connectivity index (χ4v) is 6.11. The van der Waals surface area contributed by atoms with Gasteiger partial charge in [-0.3, -0.25) is 4.79 Å². The first-order valence-corrected chi connectivity index (χ1v) is 11.6. The summed E-state index contributed by atoms with van der Waals surface area (Å²) < 4.78 is 12.2. The predicted molar refractivity (Wildman–Crippen MR) is 102 cm³/mol. The molecule has 0 aliphatic carbocycles. The number of aliphatic carboxylic acids is 1. The summed E-state index contributed by atoms with van der Waals surface area (Å²) in [5.74, 6) is 4.60. The van der Waals surface area contributed by atoms with Gasteiger partial charge in [-0.15, -0.1) is 0 Å². The molecule has 23 heavy (non-hydrogen) atoms. The lowest BCUT2D eigenvalue weighted by Gasteiger charge is -2.19. The molecule has 1 aliphatic heterocycles. The van der Waals surface area contributed by atoms with E-state index in [1.807, 2.05) is 11.8 Å². The zero-order chi connectivity index (χ0) is 16.9. The zero-order valence-electron chi connectivity index (χ0n) is 14.4. The summed E-state index contributed by atoms with van der Waals surface area (Å²) in [7, 11) is 0. The van der Waals surface area contributed by atoms with E-state index in [4.69, 9.17) is 5.11 Å². The first kappa shape index (κ1) is 20.9. The van der Waals surface area contributed by atoms with Crippen molar-refractivity contribution in [2.24, 2.45) is 11.8 Å². The average molecular weight is 361 g/mol. The standard InChI is InChI=1S/C18H32O3S2/c1-2-3-4-9-12-23(21)15-17-14-22-13-16(17)10-7-5-6-8-11-18(19)20/h5,7,16-17H,2-4,6,8-15H2,1H3,(H,19,20)/t16-,17-,23?/m1/s1. The first-order chi connectivity index (χ1) is 11.1. The molecule has 1 aliphatic rings. The molecule has 0 aromatic rings. The van der Waals surface area contributed by atoms with Crippen molar-refractivity contribution >= 4 is 28.9 Å². The normalized spacial score (nSPS) is 22.7. The van der Waals surface area contributed by atoms with Crippen LogP contribution in [0.15, 0.2) is 12.2 Å². The number of hydrogen-bond acceptors (Lipinski definition) is 3. The number of carbonyl (C=O) groups is 1. The Balaban J connectivity index is 2.17. The highest BCUT2D eigenvalue weighted by molar-refractivity contribution is 7.99. The number of carboxylic acid groups (broad SMARTS) is 1. The quantitative estimate of drug-likeness (QED) is 0.298. The molecule has 3 atom stereocenters. The number of carboxylic acids is 1. The van der Waals surface area contributed by atoms with Crippen LogP contribution < -0.4 is 0 Å². The maximum atomic E-state index is 12.2. The highest BCUT2D eigenvalue weighted by atomic mass is 32.2. The summed E-state index contributed by atoms with van der Waals surface area (Å²) in [4.78, 5) is 10.4. The summed E-state index contributed by atoms with van der Waals surface area (Å²) in [5, 5.41) is 8.60. The highest BCUT2D eigenvalue weighted by Gasteiger charge is 2.30. The van der Waals surface area contributed by atoms with Gasteiger partial charge in [-0.05, 0) is 43.8 Å². The van der Waals surface area contributed by atoms with Crippen LogP contribution in [0, 0.1) is 11.8 Å². The fraction of sp³-hybridized carbons (Fsp3) is 0.833. The van der Waals surface area contributed by atoms with Crippen molar-refractivity contribution in [1.82, 2.24) is 0 Å². The van der Waals surface area contributed by atoms with Gasteiger partial charge in [-0.2, -0.15) is 11.8 Å². The van der Waals surface area contributed by atoms with Crippen molar-refractivity contribution in [3.63, 3.8) is 0 Å². The Morgan fingerprint density at radius 2 is 2.00 bits per heavy atom. The lowest BCUT2D eigenvalue weighted by atomic mass is 9.94. The number of hydrogen-bond donors (Lipinski definition) is 1. The number of rotatable bonds is 13. The molecule has 1 N–H and O–H groups in total. The van der Waals surface area contributed by atoms with Crippen molar-refractivity contribution in [2.75, 3.05) is 23.0 Å². The van der Waals surface area contributed by atoms with Gasteiger partial charge in [0.1, 0.15) is 11.5 Å². The summed E-state index contributed by atoms with van der Waals surface area (Å²) in [6, 6.07) is 0. The molecular weight excluding hydrogens is 328 g/mol. The third-order valence-corrected chi connectivity index (χ3v) is 7.19. The van der Waals surface area contributed by atoms with Crippen LogP contribution in [0.2, 0.25) is 0 Å². The molecule has 0 radical (unpaired) electrons. The lowest BCUT2D eigenvalue weighted by molar-refractivity contribution is -0.137. The van der Waals surface area contributed by atoms with E-state index in [0.29, 0.717) is 11.8 Å². The summed E-state index contributed by atoms with van der Waals surface area (Å²) in [6.07, 6.45) is 12.0. The third-order valence-electron chi connectivity index (χ3n) is 4.32. The van der Waals surface area contributed by atoms with E-state index in [2.05, 4.69) is 19.1 Å². The Morgan fingerprint density at radius 1 is 1.22 bits per heavy atom. The molecule has 1 unspecified atom stereocenters. The van der Waals surface area contributed by atoms with Gasteiger partial charge in [0, 0.05) is 18.1 Å². The molecule has 1 saturated heterocycles. The maximum Gasteiger partial charge on any atom is 0.303 e. The third kappa shape index (κ3) is 10.4. The fourth-order valence-electron chi connectivity index (χ4n) is 2.86. The van der Waals surface area contributed by atoms with Gasteiger partial charge in [0.25, 0.3) is 0 Å². The average Bonchev–Trinajstić information content (AvgIpc) is 2.94. The second-order valence-corrected chi connectivity index (χ2v) is 9.12. The molecule has 1 fully saturated rings. The van der Waals surface area contributed by atoms with Gasteiger partial charge in [-0.1, -0.05) is 43.1 Å². The smallest absolute Gasteiger partial charge is 0.303 e. The monoisotopic (exact) mass is 360 g/mol. The molecule has 0 amide bonds. The van der Waals surface area contributed by atoms with Gasteiger partial charge in [0.05, 0.1) is 0 Å². The zero-order valence-corrected chi connectivity index (χ0v) is 16.0. The van der Waals surface area contributed by atoms with Crippen molar-refractivity contribution in [1.29, 1.82) is 0 Å². The summed E-state index contributed by atoms with van der Waals surface area (Å²) >= 11 is 1.34. The topological polar surface area (TPSA) is 60.4 Å². The van der Waals surface area contributed by atoms with Crippen LogP contribution in [0.5, 0.6) is 0 Å². The van der Waals surface area contributed by atoms with E-state index in [-0.39, 0.29) is 6.42 Å². The maximum absolute atomic E-state index is 12.2. The minimum absolute atomic E-state index is 0.253. The summed E-state index contributed by atoms with van der Waals surface area (Å²) in [6.45, 7) is 2.20. The minimum Gasteiger partial charge on any atom is -0.616 e. The number of thioether (sulfide) groups is 1. The van der Waals surface area contributed by atoms with Gasteiger partial charge < -0.3 is 9.66 Å². The second-order valence-electron chi connectivity index (χ2n) is 6.42. The number of unbranched alkanes of at least 4 members (excludes halogenated alkanes) is 4. The SMILES string of the molecule is CCCCCC[S+]([O-])C[C@H]1CSC[C@H]1CC=CCCCC(=O)O. The number of allylic oxidation sites excluding steroid dienone is 2. The van der Waals surface area contributed by atoms with E-state index in [1.54, 1.807) is 0 Å². The van der Waals surface area contributed by atoms with E-state index < -0.39 is 17.1 Å². The molecule has 1 heterocycles. The van der Waals surface area contributed by atoms with E-state index in [1.165, 1.54) is 25.0 Å². The molecule has 0 bridgehead atoms. The van der Waals surface area contributed by atoms with Crippen LogP contribution in [0.25, 0.3) is 0 Å².